The molecule has 0 bridgehead atoms. The molecule has 2 nitrogen and oxygen atoms in total. The summed E-state index contributed by atoms with van der Waals surface area (Å²) in [7, 11) is 0. The Hall–Kier alpha value is -1.90. The molecular weight excluding hydrogens is 241 g/mol. The lowest BCUT2D eigenvalue weighted by atomic mass is 9.96. The monoisotopic (exact) mass is 261 g/mol. The molecule has 0 aliphatic carbocycles. The fraction of sp³-hybridized carbons (Fsp3) is 0.312. The van der Waals surface area contributed by atoms with Gasteiger partial charge in [-0.2, -0.15) is 0 Å². The minimum Gasteiger partial charge on any atom is -0.366 e. The number of hydrogen-bond acceptors (Lipinski definition) is 1. The van der Waals surface area contributed by atoms with Gasteiger partial charge in [0.1, 0.15) is 5.82 Å². The third-order valence-electron chi connectivity index (χ3n) is 2.97. The summed E-state index contributed by atoms with van der Waals surface area (Å²) < 4.78 is 13.6. The highest BCUT2D eigenvalue weighted by atomic mass is 19.1. The Kier molecular flexibility index (Phi) is 5.49. The predicted molar refractivity (Wildman–Crippen MR) is 76.0 cm³/mol. The molecule has 19 heavy (non-hydrogen) atoms. The molecule has 0 saturated carbocycles. The van der Waals surface area contributed by atoms with E-state index >= 15 is 0 Å². The second-order valence-corrected chi connectivity index (χ2v) is 4.75. The number of carbonyl (C=O) groups excluding carboxylic acids is 1. The number of halogens is 1. The zero-order valence-electron chi connectivity index (χ0n) is 11.6. The highest BCUT2D eigenvalue weighted by molar-refractivity contribution is 5.92. The largest absolute Gasteiger partial charge is 0.366 e. The fourth-order valence-corrected chi connectivity index (χ4v) is 1.82. The first-order valence-corrected chi connectivity index (χ1v) is 6.35. The number of hydrogen-bond donors (Lipinski definition) is 1. The van der Waals surface area contributed by atoms with Crippen molar-refractivity contribution in [3.05, 3.63) is 58.9 Å². The van der Waals surface area contributed by atoms with Gasteiger partial charge in [0.05, 0.1) is 0 Å². The number of amides is 1. The molecule has 0 aromatic heterocycles. The quantitative estimate of drug-likeness (QED) is 0.641. The van der Waals surface area contributed by atoms with E-state index in [0.29, 0.717) is 17.6 Å². The summed E-state index contributed by atoms with van der Waals surface area (Å²) in [6, 6.07) is 6.63. The molecule has 0 heterocycles. The van der Waals surface area contributed by atoms with Crippen molar-refractivity contribution in [1.29, 1.82) is 0 Å². The molecule has 1 rings (SSSR count). The first kappa shape index (κ1) is 15.2. The molecule has 3 heteroatoms. The average Bonchev–Trinajstić information content (AvgIpc) is 2.35. The van der Waals surface area contributed by atoms with Crippen LogP contribution in [0.25, 0.3) is 0 Å². The van der Waals surface area contributed by atoms with Crippen molar-refractivity contribution in [2.45, 2.75) is 27.2 Å². The van der Waals surface area contributed by atoms with Gasteiger partial charge >= 0.3 is 0 Å². The minimum absolute atomic E-state index is 0.0491. The van der Waals surface area contributed by atoms with Crippen LogP contribution in [-0.2, 0) is 11.2 Å². The molecule has 102 valence electrons. The third kappa shape index (κ3) is 4.36. The van der Waals surface area contributed by atoms with Gasteiger partial charge < -0.3 is 5.73 Å². The summed E-state index contributed by atoms with van der Waals surface area (Å²) in [4.78, 5) is 11.4. The molecule has 1 amide bonds. The van der Waals surface area contributed by atoms with Gasteiger partial charge in [-0.05, 0) is 30.0 Å². The van der Waals surface area contributed by atoms with Crippen LogP contribution in [0.1, 0.15) is 26.3 Å². The predicted octanol–water partition coefficient (Wildman–Crippen LogP) is 3.38. The van der Waals surface area contributed by atoms with Crippen molar-refractivity contribution in [1.82, 2.24) is 0 Å². The number of nitrogens with two attached hydrogens (primary N) is 1. The third-order valence-corrected chi connectivity index (χ3v) is 2.97. The zero-order valence-corrected chi connectivity index (χ0v) is 11.6. The number of carbonyl (C=O) groups is 1. The number of rotatable bonds is 5. The van der Waals surface area contributed by atoms with Crippen LogP contribution in [0.5, 0.6) is 0 Å². The van der Waals surface area contributed by atoms with Gasteiger partial charge in [0.25, 0.3) is 0 Å². The molecule has 0 radical (unpaired) electrons. The normalized spacial score (nSPS) is 12.9. The first-order valence-electron chi connectivity index (χ1n) is 6.35. The summed E-state index contributed by atoms with van der Waals surface area (Å²) in [5.41, 5.74) is 7.41. The standard InChI is InChI=1S/C16H20FNO/c1-4-12(10-14(11(2)3)16(18)19)9-13-7-5-6-8-15(13)17/h4-8,10-11H,9H2,1-3H3,(H2,18,19)/b12-4-,14-10+. The van der Waals surface area contributed by atoms with Gasteiger partial charge in [-0.1, -0.05) is 44.2 Å². The van der Waals surface area contributed by atoms with E-state index in [1.54, 1.807) is 24.3 Å². The van der Waals surface area contributed by atoms with Crippen molar-refractivity contribution >= 4 is 5.91 Å². The van der Waals surface area contributed by atoms with Crippen LogP contribution in [0.3, 0.4) is 0 Å². The molecule has 0 aliphatic heterocycles. The van der Waals surface area contributed by atoms with Crippen LogP contribution < -0.4 is 5.73 Å². The van der Waals surface area contributed by atoms with E-state index in [4.69, 9.17) is 5.73 Å². The Labute approximate surface area is 113 Å². The molecular formula is C16H20FNO. The maximum Gasteiger partial charge on any atom is 0.244 e. The van der Waals surface area contributed by atoms with Gasteiger partial charge in [-0.3, -0.25) is 4.79 Å². The van der Waals surface area contributed by atoms with Gasteiger partial charge in [-0.25, -0.2) is 4.39 Å². The maximum atomic E-state index is 13.6. The lowest BCUT2D eigenvalue weighted by molar-refractivity contribution is -0.115. The molecule has 1 aromatic rings. The number of benzene rings is 1. The van der Waals surface area contributed by atoms with Crippen molar-refractivity contribution in [3.63, 3.8) is 0 Å². The van der Waals surface area contributed by atoms with E-state index in [-0.39, 0.29) is 11.7 Å². The summed E-state index contributed by atoms with van der Waals surface area (Å²) in [6.07, 6.45) is 4.09. The van der Waals surface area contributed by atoms with Crippen LogP contribution in [0.4, 0.5) is 4.39 Å². The van der Waals surface area contributed by atoms with Crippen LogP contribution in [0.15, 0.2) is 47.6 Å². The first-order chi connectivity index (χ1) is 8.95. The molecule has 0 atom stereocenters. The molecule has 0 fully saturated rings. The van der Waals surface area contributed by atoms with Crippen molar-refractivity contribution in [3.8, 4) is 0 Å². The van der Waals surface area contributed by atoms with Crippen LogP contribution in [0.2, 0.25) is 0 Å². The van der Waals surface area contributed by atoms with E-state index < -0.39 is 5.91 Å². The topological polar surface area (TPSA) is 43.1 Å². The highest BCUT2D eigenvalue weighted by Gasteiger charge is 2.11. The minimum atomic E-state index is -0.428. The molecule has 1 aromatic carbocycles. The van der Waals surface area contributed by atoms with Gasteiger partial charge in [0.15, 0.2) is 0 Å². The van der Waals surface area contributed by atoms with E-state index in [1.165, 1.54) is 6.07 Å². The van der Waals surface area contributed by atoms with E-state index in [1.807, 2.05) is 26.8 Å². The van der Waals surface area contributed by atoms with Crippen molar-refractivity contribution < 1.29 is 9.18 Å². The highest BCUT2D eigenvalue weighted by Crippen LogP contribution is 2.17. The van der Waals surface area contributed by atoms with E-state index in [9.17, 15) is 9.18 Å². The van der Waals surface area contributed by atoms with Gasteiger partial charge in [-0.15, -0.1) is 0 Å². The Morgan fingerprint density at radius 1 is 1.37 bits per heavy atom. The fourth-order valence-electron chi connectivity index (χ4n) is 1.82. The Morgan fingerprint density at radius 2 is 2.00 bits per heavy atom. The summed E-state index contributed by atoms with van der Waals surface area (Å²) in [5.74, 6) is -0.614. The smallest absolute Gasteiger partial charge is 0.244 e. The van der Waals surface area contributed by atoms with Gasteiger partial charge in [0.2, 0.25) is 5.91 Å². The molecule has 0 aliphatic rings. The number of primary amides is 1. The maximum absolute atomic E-state index is 13.6. The molecule has 2 N–H and O–H groups in total. The van der Waals surface area contributed by atoms with E-state index in [0.717, 1.165) is 5.57 Å². The Balaban J connectivity index is 3.01. The lowest BCUT2D eigenvalue weighted by Crippen LogP contribution is -2.18. The van der Waals surface area contributed by atoms with Crippen LogP contribution >= 0.6 is 0 Å². The Morgan fingerprint density at radius 3 is 2.47 bits per heavy atom. The number of allylic oxidation sites excluding steroid dienone is 3. The lowest BCUT2D eigenvalue weighted by Gasteiger charge is -2.10. The molecule has 0 unspecified atom stereocenters. The molecule has 0 spiro atoms. The van der Waals surface area contributed by atoms with Gasteiger partial charge in [0, 0.05) is 12.0 Å². The van der Waals surface area contributed by atoms with Crippen molar-refractivity contribution in [2.75, 3.05) is 0 Å². The SMILES string of the molecule is C/C=C(\C=C(\C(N)=O)C(C)C)Cc1ccccc1F. The van der Waals surface area contributed by atoms with Crippen LogP contribution in [0, 0.1) is 11.7 Å². The zero-order chi connectivity index (χ0) is 14.4. The van der Waals surface area contributed by atoms with Crippen LogP contribution in [-0.4, -0.2) is 5.91 Å². The van der Waals surface area contributed by atoms with E-state index in [2.05, 4.69) is 0 Å². The average molecular weight is 261 g/mol. The second-order valence-electron chi connectivity index (χ2n) is 4.75. The Bertz CT molecular complexity index is 515. The summed E-state index contributed by atoms with van der Waals surface area (Å²) in [5, 5.41) is 0. The molecule has 0 saturated heterocycles. The summed E-state index contributed by atoms with van der Waals surface area (Å²) >= 11 is 0. The second kappa shape index (κ2) is 6.88. The van der Waals surface area contributed by atoms with Crippen molar-refractivity contribution in [2.24, 2.45) is 11.7 Å². The summed E-state index contributed by atoms with van der Waals surface area (Å²) in [6.45, 7) is 5.69.